The van der Waals surface area contributed by atoms with Crippen LogP contribution in [0.1, 0.15) is 1.37 Å². The molecule has 1 nitrogen and oxygen atoms in total. The van der Waals surface area contributed by atoms with Gasteiger partial charge in [-0.25, -0.2) is 0 Å². The highest BCUT2D eigenvalue weighted by molar-refractivity contribution is 5.79. The van der Waals surface area contributed by atoms with Gasteiger partial charge in [0.05, 0.1) is 1.37 Å². The van der Waals surface area contributed by atoms with E-state index >= 15 is 0 Å². The van der Waals surface area contributed by atoms with Crippen LogP contribution >= 0.6 is 0 Å². The Labute approximate surface area is 185 Å². The molecule has 148 valence electrons. The Morgan fingerprint density at radius 3 is 1.26 bits per heavy atom. The van der Waals surface area contributed by atoms with Crippen molar-refractivity contribution in [2.75, 3.05) is 4.90 Å². The van der Waals surface area contributed by atoms with E-state index in [-0.39, 0.29) is 0 Å². The number of hydrogen-bond acceptors (Lipinski definition) is 1. The van der Waals surface area contributed by atoms with Gasteiger partial charge in [0.25, 0.3) is 0 Å². The summed E-state index contributed by atoms with van der Waals surface area (Å²) in [5.41, 5.74) is 7.89. The van der Waals surface area contributed by atoms with Gasteiger partial charge in [-0.05, 0) is 58.7 Å². The minimum atomic E-state index is 0.524. The highest BCUT2D eigenvalue weighted by Crippen LogP contribution is 2.36. The average molecular weight is 400 g/mol. The lowest BCUT2D eigenvalue weighted by atomic mass is 10.0. The van der Waals surface area contributed by atoms with E-state index in [4.69, 9.17) is 1.37 Å². The molecule has 0 aromatic heterocycles. The standard InChI is InChI=1S/C30H23N/c1-4-10-24(11-5-1)26-16-20-29(21-17-26)31(28-14-8-3-9-15-28)30-22-18-27(19-23-30)25-12-6-2-7-13-25/h1-23H/i4T. The molecule has 0 radical (unpaired) electrons. The maximum Gasteiger partial charge on any atom is 0.0623 e. The van der Waals surface area contributed by atoms with Crippen molar-refractivity contribution in [2.24, 2.45) is 0 Å². The molecule has 0 saturated heterocycles. The zero-order valence-electron chi connectivity index (χ0n) is 18.1. The van der Waals surface area contributed by atoms with Crippen LogP contribution in [0, 0.1) is 0 Å². The molecule has 5 aromatic carbocycles. The minimum absolute atomic E-state index is 0.524. The quantitative estimate of drug-likeness (QED) is 0.286. The van der Waals surface area contributed by atoms with E-state index in [0.29, 0.717) is 6.04 Å². The van der Waals surface area contributed by atoms with Crippen molar-refractivity contribution in [3.63, 3.8) is 0 Å². The Balaban J connectivity index is 1.52. The third-order valence-corrected chi connectivity index (χ3v) is 5.41. The number of anilines is 3. The summed E-state index contributed by atoms with van der Waals surface area (Å²) in [4.78, 5) is 2.26. The van der Waals surface area contributed by atoms with E-state index in [0.717, 1.165) is 28.2 Å². The SMILES string of the molecule is [3H]c1cccc(-c2ccc(N(c3ccccc3)c3ccc(-c4ccccc4)cc3)cc2)c1. The zero-order chi connectivity index (χ0) is 21.8. The second-order valence-corrected chi connectivity index (χ2v) is 7.42. The number of para-hydroxylation sites is 1. The van der Waals surface area contributed by atoms with Gasteiger partial charge < -0.3 is 4.90 Å². The lowest BCUT2D eigenvalue weighted by Gasteiger charge is -2.26. The van der Waals surface area contributed by atoms with Crippen molar-refractivity contribution in [3.05, 3.63) is 140 Å². The third-order valence-electron chi connectivity index (χ3n) is 5.41. The van der Waals surface area contributed by atoms with Crippen LogP contribution in [0.25, 0.3) is 22.3 Å². The minimum Gasteiger partial charge on any atom is -0.311 e. The molecule has 1 heteroatoms. The zero-order valence-corrected chi connectivity index (χ0v) is 17.1. The topological polar surface area (TPSA) is 3.24 Å². The van der Waals surface area contributed by atoms with Crippen molar-refractivity contribution in [2.45, 2.75) is 0 Å². The van der Waals surface area contributed by atoms with Crippen LogP contribution in [0.5, 0.6) is 0 Å². The molecule has 0 aliphatic heterocycles. The first-order valence-electron chi connectivity index (χ1n) is 11.0. The fourth-order valence-electron chi connectivity index (χ4n) is 3.83. The Kier molecular flexibility index (Phi) is 4.99. The molecule has 0 spiro atoms. The lowest BCUT2D eigenvalue weighted by Crippen LogP contribution is -2.09. The predicted octanol–water partition coefficient (Wildman–Crippen LogP) is 8.49. The van der Waals surface area contributed by atoms with E-state index in [9.17, 15) is 0 Å². The molecule has 5 aromatic rings. The van der Waals surface area contributed by atoms with E-state index in [1.807, 2.05) is 30.3 Å². The smallest absolute Gasteiger partial charge is 0.0623 e. The molecule has 0 bridgehead atoms. The molecular formula is C30H23N. The molecule has 5 rings (SSSR count). The Bertz CT molecular complexity index is 1290. The number of nitrogens with zero attached hydrogens (tertiary/aromatic N) is 1. The largest absolute Gasteiger partial charge is 0.311 e. The van der Waals surface area contributed by atoms with Crippen LogP contribution in [0.15, 0.2) is 140 Å². The summed E-state index contributed by atoms with van der Waals surface area (Å²) in [5.74, 6) is 0. The van der Waals surface area contributed by atoms with Crippen LogP contribution < -0.4 is 4.90 Å². The van der Waals surface area contributed by atoms with Crippen LogP contribution in [-0.4, -0.2) is 0 Å². The molecular weight excluding hydrogens is 374 g/mol. The van der Waals surface area contributed by atoms with Gasteiger partial charge in [-0.2, -0.15) is 0 Å². The summed E-state index contributed by atoms with van der Waals surface area (Å²) >= 11 is 0. The molecule has 0 fully saturated rings. The van der Waals surface area contributed by atoms with Gasteiger partial charge in [0.2, 0.25) is 0 Å². The van der Waals surface area contributed by atoms with Crippen molar-refractivity contribution in [1.82, 2.24) is 0 Å². The van der Waals surface area contributed by atoms with Gasteiger partial charge in [-0.15, -0.1) is 0 Å². The van der Waals surface area contributed by atoms with Crippen LogP contribution in [0.2, 0.25) is 0 Å². The average Bonchev–Trinajstić information content (AvgIpc) is 2.86. The summed E-state index contributed by atoms with van der Waals surface area (Å²) in [5, 5.41) is 0. The second-order valence-electron chi connectivity index (χ2n) is 7.42. The summed E-state index contributed by atoms with van der Waals surface area (Å²) in [6.07, 6.45) is 0. The van der Waals surface area contributed by atoms with Gasteiger partial charge in [0.1, 0.15) is 0 Å². The molecule has 0 heterocycles. The predicted molar refractivity (Wildman–Crippen MR) is 132 cm³/mol. The lowest BCUT2D eigenvalue weighted by molar-refractivity contribution is 1.28. The first-order chi connectivity index (χ1) is 15.8. The molecule has 31 heavy (non-hydrogen) atoms. The van der Waals surface area contributed by atoms with Crippen molar-refractivity contribution in [1.29, 1.82) is 0 Å². The monoisotopic (exact) mass is 399 g/mol. The second kappa shape index (κ2) is 8.73. The highest BCUT2D eigenvalue weighted by Gasteiger charge is 2.12. The fourth-order valence-corrected chi connectivity index (χ4v) is 3.83. The van der Waals surface area contributed by atoms with Gasteiger partial charge in [0.15, 0.2) is 0 Å². The molecule has 0 amide bonds. The Morgan fingerprint density at radius 1 is 0.355 bits per heavy atom. The van der Waals surface area contributed by atoms with Crippen LogP contribution in [0.3, 0.4) is 0 Å². The van der Waals surface area contributed by atoms with E-state index < -0.39 is 0 Å². The highest BCUT2D eigenvalue weighted by atomic mass is 15.1. The van der Waals surface area contributed by atoms with E-state index in [1.165, 1.54) is 11.1 Å². The summed E-state index contributed by atoms with van der Waals surface area (Å²) in [7, 11) is 0. The molecule has 0 N–H and O–H groups in total. The number of rotatable bonds is 5. The van der Waals surface area contributed by atoms with Gasteiger partial charge in [-0.1, -0.05) is 103 Å². The normalized spacial score (nSPS) is 11.0. The van der Waals surface area contributed by atoms with E-state index in [1.54, 1.807) is 6.07 Å². The van der Waals surface area contributed by atoms with Crippen molar-refractivity contribution in [3.8, 4) is 22.3 Å². The molecule has 0 unspecified atom stereocenters. The first kappa shape index (κ1) is 17.7. The van der Waals surface area contributed by atoms with Crippen molar-refractivity contribution < 1.29 is 1.37 Å². The van der Waals surface area contributed by atoms with Crippen molar-refractivity contribution >= 4 is 17.1 Å². The van der Waals surface area contributed by atoms with Crippen LogP contribution in [-0.2, 0) is 0 Å². The maximum absolute atomic E-state index is 7.89. The fraction of sp³-hybridized carbons (Fsp3) is 0. The summed E-state index contributed by atoms with van der Waals surface area (Å²) in [6.45, 7) is 0. The summed E-state index contributed by atoms with van der Waals surface area (Å²) in [6, 6.07) is 46.3. The Hall–Kier alpha value is -4.10. The molecule has 0 saturated carbocycles. The third kappa shape index (κ3) is 4.12. The number of benzene rings is 5. The first-order valence-corrected chi connectivity index (χ1v) is 10.5. The molecule has 0 aliphatic rings. The van der Waals surface area contributed by atoms with Gasteiger partial charge in [0, 0.05) is 17.1 Å². The number of hydrogen-bond donors (Lipinski definition) is 0. The van der Waals surface area contributed by atoms with Gasteiger partial charge in [-0.3, -0.25) is 0 Å². The molecule has 0 aliphatic carbocycles. The molecule has 0 atom stereocenters. The van der Waals surface area contributed by atoms with E-state index in [2.05, 4.69) is 102 Å². The van der Waals surface area contributed by atoms with Gasteiger partial charge >= 0.3 is 0 Å². The maximum atomic E-state index is 7.89. The Morgan fingerprint density at radius 2 is 0.742 bits per heavy atom. The van der Waals surface area contributed by atoms with Crippen LogP contribution in [0.4, 0.5) is 17.1 Å². The summed E-state index contributed by atoms with van der Waals surface area (Å²) < 4.78 is 7.89.